The molecule has 0 unspecified atom stereocenters. The van der Waals surface area contributed by atoms with Crippen molar-refractivity contribution in [3.63, 3.8) is 0 Å². The lowest BCUT2D eigenvalue weighted by Crippen LogP contribution is -2.00. The van der Waals surface area contributed by atoms with Crippen LogP contribution in [0.5, 0.6) is 0 Å². The normalized spacial score (nSPS) is 11.7. The van der Waals surface area contributed by atoms with Gasteiger partial charge in [0.25, 0.3) is 0 Å². The molecule has 4 heterocycles. The van der Waals surface area contributed by atoms with E-state index in [0.717, 1.165) is 98.8 Å². The lowest BCUT2D eigenvalue weighted by Gasteiger charge is -2.16. The van der Waals surface area contributed by atoms with Crippen LogP contribution in [0.1, 0.15) is 16.7 Å². The Bertz CT molecular complexity index is 3670. The van der Waals surface area contributed by atoms with Gasteiger partial charge in [0.1, 0.15) is 11.2 Å². The molecule has 8 aromatic carbocycles. The van der Waals surface area contributed by atoms with Crippen LogP contribution in [0.4, 0.5) is 0 Å². The quantitative estimate of drug-likeness (QED) is 0.179. The van der Waals surface area contributed by atoms with E-state index in [1.807, 2.05) is 48.5 Å². The highest BCUT2D eigenvalue weighted by molar-refractivity contribution is 6.23. The van der Waals surface area contributed by atoms with E-state index in [2.05, 4.69) is 118 Å². The third-order valence-electron chi connectivity index (χ3n) is 11.6. The fourth-order valence-corrected chi connectivity index (χ4v) is 9.00. The Balaban J connectivity index is 1.23. The van der Waals surface area contributed by atoms with Crippen LogP contribution in [-0.2, 0) is 0 Å². The maximum Gasteiger partial charge on any atom is 0.160 e. The van der Waals surface area contributed by atoms with E-state index in [0.29, 0.717) is 27.9 Å². The summed E-state index contributed by atoms with van der Waals surface area (Å²) in [5.41, 5.74) is 12.3. The molecule has 7 heteroatoms. The van der Waals surface area contributed by atoms with E-state index >= 15 is 0 Å². The van der Waals surface area contributed by atoms with Gasteiger partial charge in [0, 0.05) is 54.5 Å². The van der Waals surface area contributed by atoms with Gasteiger partial charge in [-0.25, -0.2) is 0 Å². The standard InChI is InChI=1S/C51H25N5O2/c52-26-29-9-13-32(14-10-29)33-23-34(55-44-7-3-1-5-36(44)38-15-17-40-42-21-30(27-53)11-19-46(42)57-50(40)48(38)55)25-35(24-33)56-45-8-4-2-6-37(45)39-16-18-41-43-22-31(28-54)12-20-47(43)58-51(41)49(39)56/h1-25H. The minimum atomic E-state index is 0.575. The molecule has 266 valence electrons. The highest BCUT2D eigenvalue weighted by atomic mass is 16.3. The topological polar surface area (TPSA) is 108 Å². The minimum absolute atomic E-state index is 0.575. The molecule has 0 aliphatic carbocycles. The number of nitriles is 3. The average Bonchev–Trinajstić information content (AvgIpc) is 4.03. The molecular formula is C51H25N5O2. The zero-order chi connectivity index (χ0) is 38.6. The predicted octanol–water partition coefficient (Wildman–Crippen LogP) is 13.0. The van der Waals surface area contributed by atoms with E-state index in [9.17, 15) is 15.8 Å². The summed E-state index contributed by atoms with van der Waals surface area (Å²) < 4.78 is 18.0. The summed E-state index contributed by atoms with van der Waals surface area (Å²) >= 11 is 0. The van der Waals surface area contributed by atoms with E-state index in [-0.39, 0.29) is 0 Å². The second-order valence-electron chi connectivity index (χ2n) is 14.7. The van der Waals surface area contributed by atoms with Crippen LogP contribution in [0, 0.1) is 34.0 Å². The van der Waals surface area contributed by atoms with Crippen LogP contribution in [0.3, 0.4) is 0 Å². The third-order valence-corrected chi connectivity index (χ3v) is 11.6. The first-order chi connectivity index (χ1) is 28.6. The monoisotopic (exact) mass is 739 g/mol. The summed E-state index contributed by atoms with van der Waals surface area (Å²) in [5, 5.41) is 37.1. The number of aromatic nitrogens is 2. The Hall–Kier alpha value is -8.57. The van der Waals surface area contributed by atoms with Gasteiger partial charge in [0.2, 0.25) is 0 Å². The predicted molar refractivity (Wildman–Crippen MR) is 229 cm³/mol. The molecule has 12 rings (SSSR count). The highest BCUT2D eigenvalue weighted by Gasteiger charge is 2.23. The second-order valence-corrected chi connectivity index (χ2v) is 14.7. The summed E-state index contributed by atoms with van der Waals surface area (Å²) in [6, 6.07) is 57.5. The summed E-state index contributed by atoms with van der Waals surface area (Å²) in [6.45, 7) is 0. The zero-order valence-electron chi connectivity index (χ0n) is 30.5. The lowest BCUT2D eigenvalue weighted by atomic mass is 10.0. The summed E-state index contributed by atoms with van der Waals surface area (Å²) in [5.74, 6) is 0. The molecule has 0 bridgehead atoms. The maximum atomic E-state index is 9.75. The SMILES string of the molecule is N#Cc1ccc(-c2cc(-n3c4ccccc4c4ccc5c6cc(C#N)ccc6oc5c43)cc(-n3c4ccccc4c4ccc5c6cc(C#N)ccc6oc5c43)c2)cc1. The number of fused-ring (bicyclic) bond motifs is 14. The van der Waals surface area contributed by atoms with Crippen LogP contribution in [-0.4, -0.2) is 9.13 Å². The maximum absolute atomic E-state index is 9.75. The second kappa shape index (κ2) is 11.7. The van der Waals surface area contributed by atoms with Gasteiger partial charge < -0.3 is 18.0 Å². The van der Waals surface area contributed by atoms with Crippen LogP contribution in [0.25, 0.3) is 110 Å². The molecule has 58 heavy (non-hydrogen) atoms. The van der Waals surface area contributed by atoms with E-state index < -0.39 is 0 Å². The van der Waals surface area contributed by atoms with Crippen molar-refractivity contribution < 1.29 is 8.83 Å². The average molecular weight is 740 g/mol. The number of nitrogens with zero attached hydrogens (tertiary/aromatic N) is 5. The Morgan fingerprint density at radius 2 is 0.810 bits per heavy atom. The molecule has 0 aliphatic heterocycles. The number of hydrogen-bond acceptors (Lipinski definition) is 5. The molecule has 0 atom stereocenters. The van der Waals surface area contributed by atoms with Gasteiger partial charge in [-0.15, -0.1) is 0 Å². The zero-order valence-corrected chi connectivity index (χ0v) is 30.5. The summed E-state index contributed by atoms with van der Waals surface area (Å²) in [7, 11) is 0. The molecule has 0 saturated carbocycles. The highest BCUT2D eigenvalue weighted by Crippen LogP contribution is 2.44. The number of rotatable bonds is 3. The molecule has 4 aromatic heterocycles. The Morgan fingerprint density at radius 3 is 1.29 bits per heavy atom. The van der Waals surface area contributed by atoms with Gasteiger partial charge in [-0.2, -0.15) is 15.8 Å². The van der Waals surface area contributed by atoms with Crippen molar-refractivity contribution in [2.24, 2.45) is 0 Å². The van der Waals surface area contributed by atoms with Crippen LogP contribution >= 0.6 is 0 Å². The van der Waals surface area contributed by atoms with Gasteiger partial charge >= 0.3 is 0 Å². The number of para-hydroxylation sites is 2. The van der Waals surface area contributed by atoms with Crippen molar-refractivity contribution in [3.8, 4) is 40.7 Å². The van der Waals surface area contributed by atoms with E-state index in [4.69, 9.17) is 8.83 Å². The van der Waals surface area contributed by atoms with E-state index in [1.165, 1.54) is 0 Å². The van der Waals surface area contributed by atoms with Crippen LogP contribution in [0.15, 0.2) is 160 Å². The minimum Gasteiger partial charge on any atom is -0.454 e. The summed E-state index contributed by atoms with van der Waals surface area (Å²) in [6.07, 6.45) is 0. The first-order valence-corrected chi connectivity index (χ1v) is 18.8. The van der Waals surface area contributed by atoms with Crippen molar-refractivity contribution >= 4 is 87.5 Å². The molecule has 7 nitrogen and oxygen atoms in total. The Morgan fingerprint density at radius 1 is 0.362 bits per heavy atom. The molecule has 0 amide bonds. The lowest BCUT2D eigenvalue weighted by molar-refractivity contribution is 0.671. The van der Waals surface area contributed by atoms with Crippen molar-refractivity contribution in [3.05, 3.63) is 168 Å². The molecule has 12 aromatic rings. The van der Waals surface area contributed by atoms with Crippen LogP contribution < -0.4 is 0 Å². The molecule has 0 aliphatic rings. The van der Waals surface area contributed by atoms with Gasteiger partial charge in [0.05, 0.1) is 57.0 Å². The molecule has 0 radical (unpaired) electrons. The summed E-state index contributed by atoms with van der Waals surface area (Å²) in [4.78, 5) is 0. The fraction of sp³-hybridized carbons (Fsp3) is 0. The van der Waals surface area contributed by atoms with Gasteiger partial charge in [-0.05, 0) is 102 Å². The number of hydrogen-bond donors (Lipinski definition) is 0. The smallest absolute Gasteiger partial charge is 0.160 e. The van der Waals surface area contributed by atoms with Gasteiger partial charge in [-0.3, -0.25) is 0 Å². The first-order valence-electron chi connectivity index (χ1n) is 18.8. The number of benzene rings is 8. The molecule has 0 saturated heterocycles. The van der Waals surface area contributed by atoms with Crippen LogP contribution in [0.2, 0.25) is 0 Å². The Labute approximate surface area is 329 Å². The molecular weight excluding hydrogens is 715 g/mol. The van der Waals surface area contributed by atoms with Crippen molar-refractivity contribution in [2.45, 2.75) is 0 Å². The number of furan rings is 2. The first kappa shape index (κ1) is 31.7. The van der Waals surface area contributed by atoms with Crippen molar-refractivity contribution in [1.82, 2.24) is 9.13 Å². The molecule has 0 N–H and O–H groups in total. The van der Waals surface area contributed by atoms with Crippen molar-refractivity contribution in [1.29, 1.82) is 15.8 Å². The van der Waals surface area contributed by atoms with Gasteiger partial charge in [-0.1, -0.05) is 60.7 Å². The van der Waals surface area contributed by atoms with Gasteiger partial charge in [0.15, 0.2) is 11.2 Å². The third kappa shape index (κ3) is 4.34. The Kier molecular flexibility index (Phi) is 6.41. The molecule has 0 spiro atoms. The van der Waals surface area contributed by atoms with E-state index in [1.54, 1.807) is 12.1 Å². The largest absolute Gasteiger partial charge is 0.454 e. The molecule has 0 fully saturated rings. The van der Waals surface area contributed by atoms with Crippen molar-refractivity contribution in [2.75, 3.05) is 0 Å². The fourth-order valence-electron chi connectivity index (χ4n) is 9.00.